The van der Waals surface area contributed by atoms with Crippen molar-refractivity contribution < 1.29 is 9.21 Å². The molecule has 28 heavy (non-hydrogen) atoms. The minimum Gasteiger partial charge on any atom is -0.460 e. The van der Waals surface area contributed by atoms with Gasteiger partial charge in [0, 0.05) is 18.3 Å². The van der Waals surface area contributed by atoms with Gasteiger partial charge in [-0.15, -0.1) is 0 Å². The molecule has 7 nitrogen and oxygen atoms in total. The predicted octanol–water partition coefficient (Wildman–Crippen LogP) is 3.16. The number of aromatic nitrogens is 3. The number of carbonyl (C=O) groups excluding carboxylic acids is 1. The third-order valence-corrected chi connectivity index (χ3v) is 5.11. The van der Waals surface area contributed by atoms with Crippen LogP contribution in [0.25, 0.3) is 11.5 Å². The lowest BCUT2D eigenvalue weighted by molar-refractivity contribution is 0.0636. The molecular formula is C21H25N5O2. The summed E-state index contributed by atoms with van der Waals surface area (Å²) in [6.45, 7) is 4.27. The molecule has 0 aliphatic carbocycles. The van der Waals surface area contributed by atoms with Crippen LogP contribution in [0.3, 0.4) is 0 Å². The molecule has 1 unspecified atom stereocenters. The zero-order chi connectivity index (χ0) is 19.3. The molecule has 1 aliphatic heterocycles. The zero-order valence-electron chi connectivity index (χ0n) is 16.0. The Morgan fingerprint density at radius 2 is 2.18 bits per heavy atom. The highest BCUT2D eigenvalue weighted by molar-refractivity contribution is 5.93. The molecule has 0 radical (unpaired) electrons. The second-order valence-corrected chi connectivity index (χ2v) is 7.17. The van der Waals surface area contributed by atoms with E-state index in [-0.39, 0.29) is 11.9 Å². The number of H-pyrrole nitrogens is 1. The van der Waals surface area contributed by atoms with Gasteiger partial charge in [-0.25, -0.2) is 0 Å². The first-order valence-corrected chi connectivity index (χ1v) is 9.74. The van der Waals surface area contributed by atoms with Gasteiger partial charge in [-0.05, 0) is 63.5 Å². The number of aryl methyl sites for hydroxylation is 1. The smallest absolute Gasteiger partial charge is 0.274 e. The van der Waals surface area contributed by atoms with Crippen molar-refractivity contribution in [1.29, 1.82) is 0 Å². The standard InChI is InChI=1S/C21H25N5O2/c1-15-7-8-20(28-15)18-13-19(25-24-18)21(27)26(14-16-5-2-3-11-23-16)17-6-4-10-22-12-9-17/h2-3,5,7-8,11,13,17,22H,4,6,9-10,12,14H2,1H3,(H,24,25). The first-order chi connectivity index (χ1) is 13.7. The molecule has 3 aromatic rings. The van der Waals surface area contributed by atoms with Gasteiger partial charge >= 0.3 is 0 Å². The van der Waals surface area contributed by atoms with Crippen molar-refractivity contribution in [2.45, 2.75) is 38.8 Å². The fraction of sp³-hybridized carbons (Fsp3) is 0.381. The third kappa shape index (κ3) is 4.14. The van der Waals surface area contributed by atoms with Crippen LogP contribution in [0.5, 0.6) is 0 Å². The Bertz CT molecular complexity index is 910. The summed E-state index contributed by atoms with van der Waals surface area (Å²) in [6, 6.07) is 11.5. The molecule has 4 heterocycles. The number of amides is 1. The molecule has 1 aliphatic rings. The molecule has 0 saturated carbocycles. The molecule has 2 N–H and O–H groups in total. The summed E-state index contributed by atoms with van der Waals surface area (Å²) in [4.78, 5) is 19.7. The third-order valence-electron chi connectivity index (χ3n) is 5.11. The number of hydrogen-bond donors (Lipinski definition) is 2. The molecule has 7 heteroatoms. The van der Waals surface area contributed by atoms with Crippen molar-refractivity contribution in [2.75, 3.05) is 13.1 Å². The molecule has 1 amide bonds. The van der Waals surface area contributed by atoms with Gasteiger partial charge in [-0.3, -0.25) is 14.9 Å². The SMILES string of the molecule is Cc1ccc(-c2cc(C(=O)N(Cc3ccccn3)C3CCCNCC3)n[nH]2)o1. The average Bonchev–Trinajstić information content (AvgIpc) is 3.29. The Labute approximate surface area is 164 Å². The normalized spacial score (nSPS) is 17.2. The van der Waals surface area contributed by atoms with Gasteiger partial charge in [0.2, 0.25) is 0 Å². The molecule has 146 valence electrons. The molecule has 4 rings (SSSR count). The summed E-state index contributed by atoms with van der Waals surface area (Å²) < 4.78 is 5.64. The highest BCUT2D eigenvalue weighted by Gasteiger charge is 2.28. The minimum atomic E-state index is -0.0802. The monoisotopic (exact) mass is 379 g/mol. The van der Waals surface area contributed by atoms with Crippen molar-refractivity contribution >= 4 is 5.91 Å². The summed E-state index contributed by atoms with van der Waals surface area (Å²) in [7, 11) is 0. The van der Waals surface area contributed by atoms with Gasteiger partial charge < -0.3 is 14.6 Å². The average molecular weight is 379 g/mol. The van der Waals surface area contributed by atoms with E-state index in [1.807, 2.05) is 42.2 Å². The quantitative estimate of drug-likeness (QED) is 0.711. The van der Waals surface area contributed by atoms with Crippen LogP contribution in [0.4, 0.5) is 0 Å². The number of carbonyl (C=O) groups is 1. The Morgan fingerprint density at radius 1 is 1.25 bits per heavy atom. The van der Waals surface area contributed by atoms with E-state index in [0.29, 0.717) is 23.7 Å². The maximum Gasteiger partial charge on any atom is 0.274 e. The lowest BCUT2D eigenvalue weighted by Crippen LogP contribution is -2.40. The number of nitrogens with zero attached hydrogens (tertiary/aromatic N) is 3. The van der Waals surface area contributed by atoms with Crippen LogP contribution < -0.4 is 5.32 Å². The Morgan fingerprint density at radius 3 is 2.96 bits per heavy atom. The van der Waals surface area contributed by atoms with Crippen LogP contribution in [-0.4, -0.2) is 45.1 Å². The first kappa shape index (κ1) is 18.4. The van der Waals surface area contributed by atoms with Crippen LogP contribution in [0.15, 0.2) is 47.0 Å². The lowest BCUT2D eigenvalue weighted by Gasteiger charge is -2.30. The van der Waals surface area contributed by atoms with E-state index in [4.69, 9.17) is 4.42 Å². The van der Waals surface area contributed by atoms with Gasteiger partial charge in [-0.2, -0.15) is 5.10 Å². The summed E-state index contributed by atoms with van der Waals surface area (Å²) in [5.41, 5.74) is 1.99. The summed E-state index contributed by atoms with van der Waals surface area (Å²) in [5, 5.41) is 10.6. The molecule has 3 aromatic heterocycles. The second kappa shape index (κ2) is 8.39. The summed E-state index contributed by atoms with van der Waals surface area (Å²) in [6.07, 6.45) is 4.71. The van der Waals surface area contributed by atoms with E-state index in [1.54, 1.807) is 12.3 Å². The highest BCUT2D eigenvalue weighted by Crippen LogP contribution is 2.23. The summed E-state index contributed by atoms with van der Waals surface area (Å²) >= 11 is 0. The number of furan rings is 1. The molecule has 0 bridgehead atoms. The van der Waals surface area contributed by atoms with Gasteiger partial charge in [0.1, 0.15) is 11.5 Å². The van der Waals surface area contributed by atoms with E-state index in [0.717, 1.165) is 43.8 Å². The van der Waals surface area contributed by atoms with E-state index < -0.39 is 0 Å². The van der Waals surface area contributed by atoms with E-state index in [1.165, 1.54) is 0 Å². The van der Waals surface area contributed by atoms with Gasteiger partial charge in [0.05, 0.1) is 12.2 Å². The lowest BCUT2D eigenvalue weighted by atomic mass is 10.1. The predicted molar refractivity (Wildman–Crippen MR) is 106 cm³/mol. The second-order valence-electron chi connectivity index (χ2n) is 7.17. The topological polar surface area (TPSA) is 87.0 Å². The zero-order valence-corrected chi connectivity index (χ0v) is 16.0. The number of rotatable bonds is 5. The van der Waals surface area contributed by atoms with Gasteiger partial charge in [0.25, 0.3) is 5.91 Å². The van der Waals surface area contributed by atoms with Crippen LogP contribution in [0.1, 0.15) is 41.2 Å². The van der Waals surface area contributed by atoms with E-state index in [2.05, 4.69) is 20.5 Å². The van der Waals surface area contributed by atoms with Crippen molar-refractivity contribution in [3.63, 3.8) is 0 Å². The Kier molecular flexibility index (Phi) is 5.53. The maximum atomic E-state index is 13.4. The summed E-state index contributed by atoms with van der Waals surface area (Å²) in [5.74, 6) is 1.42. The molecule has 0 spiro atoms. The van der Waals surface area contributed by atoms with Gasteiger partial charge in [-0.1, -0.05) is 6.07 Å². The fourth-order valence-corrected chi connectivity index (χ4v) is 3.63. The first-order valence-electron chi connectivity index (χ1n) is 9.74. The van der Waals surface area contributed by atoms with E-state index in [9.17, 15) is 4.79 Å². The van der Waals surface area contributed by atoms with Crippen LogP contribution in [-0.2, 0) is 6.54 Å². The largest absolute Gasteiger partial charge is 0.460 e. The van der Waals surface area contributed by atoms with Gasteiger partial charge in [0.15, 0.2) is 11.5 Å². The van der Waals surface area contributed by atoms with Crippen LogP contribution in [0, 0.1) is 6.92 Å². The number of aromatic amines is 1. The maximum absolute atomic E-state index is 13.4. The molecular weight excluding hydrogens is 354 g/mol. The molecule has 1 atom stereocenters. The Hall–Kier alpha value is -2.93. The van der Waals surface area contributed by atoms with Crippen molar-refractivity contribution in [2.24, 2.45) is 0 Å². The molecule has 1 fully saturated rings. The number of pyridine rings is 1. The van der Waals surface area contributed by atoms with Crippen molar-refractivity contribution in [3.8, 4) is 11.5 Å². The number of nitrogens with one attached hydrogen (secondary N) is 2. The van der Waals surface area contributed by atoms with Crippen LogP contribution in [0.2, 0.25) is 0 Å². The fourth-order valence-electron chi connectivity index (χ4n) is 3.63. The minimum absolute atomic E-state index is 0.0802. The molecule has 1 saturated heterocycles. The van der Waals surface area contributed by atoms with Crippen molar-refractivity contribution in [3.05, 3.63) is 59.7 Å². The molecule has 0 aromatic carbocycles. The van der Waals surface area contributed by atoms with Crippen LogP contribution >= 0.6 is 0 Å². The Balaban J connectivity index is 1.59. The van der Waals surface area contributed by atoms with E-state index >= 15 is 0 Å². The van der Waals surface area contributed by atoms with Crippen molar-refractivity contribution in [1.82, 2.24) is 25.4 Å². The highest BCUT2D eigenvalue weighted by atomic mass is 16.3. The number of hydrogen-bond acceptors (Lipinski definition) is 5.